The molecule has 0 aliphatic heterocycles. The van der Waals surface area contributed by atoms with Crippen molar-refractivity contribution in [2.75, 3.05) is 6.26 Å². The topological polar surface area (TPSA) is 63.7 Å². The van der Waals surface area contributed by atoms with E-state index in [4.69, 9.17) is 22.2 Å². The molecule has 1 aromatic carbocycles. The maximum absolute atomic E-state index is 8.66. The summed E-state index contributed by atoms with van der Waals surface area (Å²) in [7, 11) is 0. The van der Waals surface area contributed by atoms with Gasteiger partial charge in [0, 0.05) is 0 Å². The zero-order valence-electron chi connectivity index (χ0n) is 9.40. The summed E-state index contributed by atoms with van der Waals surface area (Å²) in [5.41, 5.74) is 0.750. The molecule has 2 rings (SSSR count). The molecule has 5 nitrogen and oxygen atoms in total. The molecule has 1 heterocycles. The summed E-state index contributed by atoms with van der Waals surface area (Å²) in [6, 6.07) is 9.39. The van der Waals surface area contributed by atoms with E-state index in [0.717, 1.165) is 5.69 Å². The first kappa shape index (κ1) is 12.5. The Bertz CT molecular complexity index is 648. The van der Waals surface area contributed by atoms with Gasteiger partial charge in [0.25, 0.3) is 6.26 Å². The predicted molar refractivity (Wildman–Crippen MR) is 70.2 cm³/mol. The molecule has 18 heavy (non-hydrogen) atoms. The first-order chi connectivity index (χ1) is 8.76. The van der Waals surface area contributed by atoms with Crippen LogP contribution in [0.25, 0.3) is 5.69 Å². The lowest BCUT2D eigenvalue weighted by atomic mass is 10.3. The highest BCUT2D eigenvalue weighted by Crippen LogP contribution is 2.19. The van der Waals surface area contributed by atoms with E-state index in [-0.39, 0.29) is 6.01 Å². The quantitative estimate of drug-likeness (QED) is 0.488. The van der Waals surface area contributed by atoms with Crippen LogP contribution in [0.2, 0.25) is 0 Å². The molecule has 0 saturated carbocycles. The summed E-state index contributed by atoms with van der Waals surface area (Å²) in [5.74, 6) is 0. The molecular weight excluding hydrogens is 268 g/mol. The minimum atomic E-state index is 0.119. The van der Waals surface area contributed by atoms with Crippen LogP contribution in [-0.4, -0.2) is 20.8 Å². The van der Waals surface area contributed by atoms with Crippen molar-refractivity contribution in [2.24, 2.45) is 0 Å². The van der Waals surface area contributed by atoms with E-state index in [9.17, 15) is 0 Å². The van der Waals surface area contributed by atoms with E-state index in [2.05, 4.69) is 9.97 Å². The van der Waals surface area contributed by atoms with E-state index in [1.54, 1.807) is 6.26 Å². The highest BCUT2D eigenvalue weighted by atomic mass is 32.2. The smallest absolute Gasteiger partial charge is 0.322 e. The average Bonchev–Trinajstić information content (AvgIpc) is 2.39. The number of thioether (sulfide) groups is 1. The third-order valence-corrected chi connectivity index (χ3v) is 2.92. The third kappa shape index (κ3) is 2.50. The summed E-state index contributed by atoms with van der Waals surface area (Å²) in [6.45, 7) is 0. The van der Waals surface area contributed by atoms with Crippen molar-refractivity contribution >= 4 is 24.0 Å². The Morgan fingerprint density at radius 2 is 2.06 bits per heavy atom. The maximum Gasteiger partial charge on any atom is 0.322 e. The van der Waals surface area contributed by atoms with Gasteiger partial charge in [-0.05, 0) is 30.6 Å². The third-order valence-electron chi connectivity index (χ3n) is 2.10. The van der Waals surface area contributed by atoms with Gasteiger partial charge in [0.05, 0.1) is 5.69 Å². The van der Waals surface area contributed by atoms with Crippen molar-refractivity contribution in [3.05, 3.63) is 35.1 Å². The van der Waals surface area contributed by atoms with Crippen LogP contribution in [0, 0.1) is 16.3 Å². The van der Waals surface area contributed by atoms with Crippen LogP contribution in [0.15, 0.2) is 35.5 Å². The molecule has 0 N–H and O–H groups in total. The highest BCUT2D eigenvalue weighted by Gasteiger charge is 2.10. The van der Waals surface area contributed by atoms with Crippen LogP contribution < -0.4 is 4.74 Å². The second kappa shape index (κ2) is 5.62. The Balaban J connectivity index is 2.66. The summed E-state index contributed by atoms with van der Waals surface area (Å²) in [4.78, 5) is 8.27. The van der Waals surface area contributed by atoms with Gasteiger partial charge in [0.2, 0.25) is 4.77 Å². The molecule has 0 bridgehead atoms. The summed E-state index contributed by atoms with van der Waals surface area (Å²) >= 11 is 6.53. The molecule has 0 amide bonds. The van der Waals surface area contributed by atoms with Crippen molar-refractivity contribution in [3.63, 3.8) is 0 Å². The standard InChI is InChI=1S/C11H8N4OS2/c1-18-9-13-10(16-7-12)15(11(17)14-9)8-5-3-2-4-6-8/h2-6H,1H3. The lowest BCUT2D eigenvalue weighted by molar-refractivity contribution is 0.434. The fraction of sp³-hybridized carbons (Fsp3) is 0.0909. The molecule has 0 aliphatic carbocycles. The highest BCUT2D eigenvalue weighted by molar-refractivity contribution is 7.98. The monoisotopic (exact) mass is 276 g/mol. The van der Waals surface area contributed by atoms with Gasteiger partial charge in [-0.1, -0.05) is 30.0 Å². The number of aromatic nitrogens is 3. The van der Waals surface area contributed by atoms with Crippen LogP contribution in [-0.2, 0) is 0 Å². The fourth-order valence-corrected chi connectivity index (χ4v) is 2.04. The van der Waals surface area contributed by atoms with Crippen molar-refractivity contribution in [1.82, 2.24) is 14.5 Å². The van der Waals surface area contributed by atoms with Gasteiger partial charge in [-0.25, -0.2) is 4.57 Å². The van der Waals surface area contributed by atoms with Crippen molar-refractivity contribution < 1.29 is 4.74 Å². The number of rotatable bonds is 3. The molecular formula is C11H8N4OS2. The van der Waals surface area contributed by atoms with Gasteiger partial charge in [0.1, 0.15) is 0 Å². The molecule has 0 saturated heterocycles. The number of hydrogen-bond acceptors (Lipinski definition) is 6. The van der Waals surface area contributed by atoms with Gasteiger partial charge < -0.3 is 4.74 Å². The van der Waals surface area contributed by atoms with Gasteiger partial charge in [-0.3, -0.25) is 0 Å². The van der Waals surface area contributed by atoms with E-state index < -0.39 is 0 Å². The first-order valence-corrected chi connectivity index (χ1v) is 6.56. The number of nitriles is 1. The zero-order chi connectivity index (χ0) is 13.0. The molecule has 2 aromatic rings. The Morgan fingerprint density at radius 1 is 1.33 bits per heavy atom. The second-order valence-electron chi connectivity index (χ2n) is 3.14. The molecule has 0 aliphatic rings. The first-order valence-electron chi connectivity index (χ1n) is 4.92. The lowest BCUT2D eigenvalue weighted by Gasteiger charge is -2.09. The van der Waals surface area contributed by atoms with Gasteiger partial charge in [-0.2, -0.15) is 9.97 Å². The predicted octanol–water partition coefficient (Wildman–Crippen LogP) is 2.58. The van der Waals surface area contributed by atoms with Crippen LogP contribution in [0.3, 0.4) is 0 Å². The number of hydrogen-bond donors (Lipinski definition) is 0. The number of nitrogens with zero attached hydrogens (tertiary/aromatic N) is 4. The van der Waals surface area contributed by atoms with Crippen molar-refractivity contribution in [3.8, 4) is 18.0 Å². The molecule has 1 aromatic heterocycles. The van der Waals surface area contributed by atoms with Crippen molar-refractivity contribution in [1.29, 1.82) is 5.26 Å². The SMILES string of the molecule is CSc1nc(OC#N)n(-c2ccccc2)c(=S)n1. The second-order valence-corrected chi connectivity index (χ2v) is 4.28. The minimum Gasteiger partial charge on any atom is -0.350 e. The average molecular weight is 276 g/mol. The van der Waals surface area contributed by atoms with Crippen LogP contribution in [0.5, 0.6) is 6.01 Å². The Labute approximate surface area is 113 Å². The number of para-hydroxylation sites is 1. The summed E-state index contributed by atoms with van der Waals surface area (Å²) in [5, 5.41) is 9.13. The Morgan fingerprint density at radius 3 is 2.67 bits per heavy atom. The van der Waals surface area contributed by atoms with Gasteiger partial charge in [0.15, 0.2) is 5.16 Å². The van der Waals surface area contributed by atoms with E-state index >= 15 is 0 Å². The summed E-state index contributed by atoms with van der Waals surface area (Å²) < 4.78 is 6.66. The Kier molecular flexibility index (Phi) is 3.92. The molecule has 90 valence electrons. The lowest BCUT2D eigenvalue weighted by Crippen LogP contribution is -2.07. The maximum atomic E-state index is 8.66. The molecule has 0 spiro atoms. The van der Waals surface area contributed by atoms with Crippen LogP contribution >= 0.6 is 24.0 Å². The molecule has 0 unspecified atom stereocenters. The van der Waals surface area contributed by atoms with Gasteiger partial charge >= 0.3 is 6.01 Å². The minimum absolute atomic E-state index is 0.119. The van der Waals surface area contributed by atoms with Crippen molar-refractivity contribution in [2.45, 2.75) is 5.16 Å². The molecule has 7 heteroatoms. The van der Waals surface area contributed by atoms with E-state index in [0.29, 0.717) is 9.93 Å². The largest absolute Gasteiger partial charge is 0.350 e. The van der Waals surface area contributed by atoms with Crippen LogP contribution in [0.4, 0.5) is 0 Å². The molecule has 0 fully saturated rings. The van der Waals surface area contributed by atoms with E-state index in [1.807, 2.05) is 36.6 Å². The van der Waals surface area contributed by atoms with Crippen LogP contribution in [0.1, 0.15) is 0 Å². The van der Waals surface area contributed by atoms with Gasteiger partial charge in [-0.15, -0.1) is 5.26 Å². The number of ether oxygens (including phenoxy) is 1. The Hall–Kier alpha value is -1.91. The van der Waals surface area contributed by atoms with E-state index in [1.165, 1.54) is 16.3 Å². The zero-order valence-corrected chi connectivity index (χ0v) is 11.0. The fourth-order valence-electron chi connectivity index (χ4n) is 1.37. The normalized spacial score (nSPS) is 9.78. The number of benzene rings is 1. The molecule has 0 atom stereocenters. The molecule has 0 radical (unpaired) electrons. The summed E-state index contributed by atoms with van der Waals surface area (Å²) in [6.07, 6.45) is 3.43.